The number of fused-ring (bicyclic) bond motifs is 2. The van der Waals surface area contributed by atoms with E-state index in [9.17, 15) is 9.59 Å². The molecule has 0 radical (unpaired) electrons. The molecule has 8 heteroatoms. The van der Waals surface area contributed by atoms with Gasteiger partial charge in [0.05, 0.1) is 0 Å². The third-order valence-corrected chi connectivity index (χ3v) is 32.2. The van der Waals surface area contributed by atoms with Gasteiger partial charge in [0.1, 0.15) is 0 Å². The Hall–Kier alpha value is -3.17. The minimum absolute atomic E-state index is 0.0854. The molecule has 4 aromatic carbocycles. The normalized spacial score (nSPS) is 17.2. The van der Waals surface area contributed by atoms with E-state index < -0.39 is 20.7 Å². The molecule has 2 aliphatic rings. The predicted octanol–water partition coefficient (Wildman–Crippen LogP) is 13.0. The van der Waals surface area contributed by atoms with Gasteiger partial charge in [0, 0.05) is 0 Å². The van der Waals surface area contributed by atoms with Crippen LogP contribution in [0.4, 0.5) is 0 Å². The van der Waals surface area contributed by atoms with E-state index in [0.717, 1.165) is 71.9 Å². The summed E-state index contributed by atoms with van der Waals surface area (Å²) in [6, 6.07) is 30.4. The Morgan fingerprint density at radius 2 is 0.964 bits per heavy atom. The van der Waals surface area contributed by atoms with Gasteiger partial charge in [-0.3, -0.25) is 0 Å². The molecule has 2 N–H and O–H groups in total. The van der Waals surface area contributed by atoms with Crippen LogP contribution in [0.15, 0.2) is 96.1 Å². The molecule has 56 heavy (non-hydrogen) atoms. The number of hydrogen-bond acceptors (Lipinski definition) is 2. The molecule has 2 atom stereocenters. The SMILES string of the molecule is CCCCC1=Cc2c(-c3ccccc3C(C)(C)C)cccc2[CH]1[Zr]([Cl])([Cl])([B](NC=O)NC=O)[CH]1C(CCCC)=Cc2c(-c3ccccc3C(C)(C)C)cccc21. The van der Waals surface area contributed by atoms with Crippen LogP contribution in [0, 0.1) is 0 Å². The van der Waals surface area contributed by atoms with Crippen molar-refractivity contribution >= 4 is 46.5 Å². The van der Waals surface area contributed by atoms with E-state index in [0.29, 0.717) is 12.8 Å². The van der Waals surface area contributed by atoms with Gasteiger partial charge in [-0.25, -0.2) is 0 Å². The van der Waals surface area contributed by atoms with E-state index in [1.807, 2.05) is 0 Å². The zero-order valence-corrected chi connectivity index (χ0v) is 38.4. The van der Waals surface area contributed by atoms with Crippen LogP contribution in [0.25, 0.3) is 34.4 Å². The first-order valence-electron chi connectivity index (χ1n) is 20.4. The summed E-state index contributed by atoms with van der Waals surface area (Å²) >= 11 is -5.93. The molecular formula is C48H58BCl2N2O2Zr. The van der Waals surface area contributed by atoms with Crippen LogP contribution < -0.4 is 10.5 Å². The number of amides is 2. The monoisotopic (exact) mass is 865 g/mol. The molecule has 4 aromatic rings. The molecule has 2 aliphatic carbocycles. The zero-order valence-electron chi connectivity index (χ0n) is 34.4. The second kappa shape index (κ2) is 16.6. The summed E-state index contributed by atoms with van der Waals surface area (Å²) in [5.74, 6) is 0. The molecule has 0 spiro atoms. The summed E-state index contributed by atoms with van der Waals surface area (Å²) in [7, 11) is 17.6. The Kier molecular flexibility index (Phi) is 12.6. The standard InChI is InChI=1S/2C23H27.C2H3BN2O2.2ClH.Zr/c2*1-5-6-10-17-15-18-11-9-13-19(21(18)16-17)20-12-7-8-14-22(20)23(2,3)4;6-1-4-3-5-2-7;;;/h2*7-9,11-16H,5-6,10H2,1-4H3;1-2H,(H-,4,5,6,7);2*1H;/q;;;;;+1/p-1. The summed E-state index contributed by atoms with van der Waals surface area (Å²) in [4.78, 5) is 25.3. The van der Waals surface area contributed by atoms with E-state index in [2.05, 4.69) is 163 Å². The van der Waals surface area contributed by atoms with Gasteiger partial charge in [-0.1, -0.05) is 0 Å². The average Bonchev–Trinajstić information content (AvgIpc) is 3.75. The Balaban J connectivity index is 1.69. The molecule has 4 nitrogen and oxygen atoms in total. The van der Waals surface area contributed by atoms with Crippen molar-refractivity contribution in [2.45, 2.75) is 112 Å². The number of allylic oxidation sites excluding steroid dienone is 2. The van der Waals surface area contributed by atoms with Crippen LogP contribution in [0.5, 0.6) is 0 Å². The van der Waals surface area contributed by atoms with Crippen LogP contribution in [0.2, 0.25) is 0 Å². The Morgan fingerprint density at radius 3 is 1.32 bits per heavy atom. The van der Waals surface area contributed by atoms with Gasteiger partial charge in [0.15, 0.2) is 0 Å². The third kappa shape index (κ3) is 7.60. The first-order valence-corrected chi connectivity index (χ1v) is 31.0. The van der Waals surface area contributed by atoms with Crippen LogP contribution in [-0.2, 0) is 36.6 Å². The Labute approximate surface area is 344 Å². The number of benzene rings is 4. The van der Waals surface area contributed by atoms with Gasteiger partial charge in [0.2, 0.25) is 0 Å². The second-order valence-corrected chi connectivity index (χ2v) is 39.4. The van der Waals surface area contributed by atoms with E-state index in [-0.39, 0.29) is 18.1 Å². The fraction of sp³-hybridized carbons (Fsp3) is 0.375. The van der Waals surface area contributed by atoms with Gasteiger partial charge >= 0.3 is 346 Å². The first kappa shape index (κ1) is 42.4. The molecule has 2 unspecified atom stereocenters. The molecule has 0 saturated carbocycles. The average molecular weight is 868 g/mol. The van der Waals surface area contributed by atoms with Gasteiger partial charge in [0.25, 0.3) is 0 Å². The number of carbonyl (C=O) groups excluding carboxylic acids is 2. The summed E-state index contributed by atoms with van der Waals surface area (Å²) in [5, 5.41) is 6.07. The quantitative estimate of drug-likeness (QED) is 0.0924. The predicted molar refractivity (Wildman–Crippen MR) is 238 cm³/mol. The fourth-order valence-corrected chi connectivity index (χ4v) is 30.4. The second-order valence-electron chi connectivity index (χ2n) is 17.9. The van der Waals surface area contributed by atoms with Crippen molar-refractivity contribution in [3.05, 3.63) is 129 Å². The molecule has 0 fully saturated rings. The number of unbranched alkanes of at least 4 members (excludes halogenated alkanes) is 2. The molecular weight excluding hydrogens is 809 g/mol. The van der Waals surface area contributed by atoms with Gasteiger partial charge < -0.3 is 0 Å². The van der Waals surface area contributed by atoms with Gasteiger partial charge in [-0.15, -0.1) is 0 Å². The zero-order chi connectivity index (χ0) is 40.5. The molecule has 0 bridgehead atoms. The molecule has 0 heterocycles. The summed E-state index contributed by atoms with van der Waals surface area (Å²) in [5.41, 5.74) is 13.8. The van der Waals surface area contributed by atoms with Crippen molar-refractivity contribution < 1.29 is 25.8 Å². The number of carbonyl (C=O) groups is 2. The maximum absolute atomic E-state index is 12.7. The van der Waals surface area contributed by atoms with Crippen LogP contribution >= 0.6 is 17.0 Å². The van der Waals surface area contributed by atoms with Crippen LogP contribution in [0.1, 0.15) is 135 Å². The van der Waals surface area contributed by atoms with Crippen molar-refractivity contribution in [3.8, 4) is 22.3 Å². The maximum atomic E-state index is 12.7. The minimum atomic E-state index is -5.93. The fourth-order valence-electron chi connectivity index (χ4n) is 9.64. The van der Waals surface area contributed by atoms with Crippen molar-refractivity contribution in [3.63, 3.8) is 0 Å². The number of rotatable bonds is 15. The first-order chi connectivity index (χ1) is 26.6. The van der Waals surface area contributed by atoms with Crippen molar-refractivity contribution in [2.75, 3.05) is 0 Å². The topological polar surface area (TPSA) is 58.2 Å². The summed E-state index contributed by atoms with van der Waals surface area (Å²) < 4.78 is -1.73. The Bertz CT molecular complexity index is 2030. The van der Waals surface area contributed by atoms with E-state index in [1.54, 1.807) is 0 Å². The van der Waals surface area contributed by atoms with E-state index >= 15 is 0 Å². The van der Waals surface area contributed by atoms with Crippen molar-refractivity contribution in [1.29, 1.82) is 0 Å². The van der Waals surface area contributed by atoms with Crippen LogP contribution in [-0.4, -0.2) is 17.3 Å². The van der Waals surface area contributed by atoms with Crippen LogP contribution in [0.3, 0.4) is 0 Å². The van der Waals surface area contributed by atoms with Crippen molar-refractivity contribution in [2.24, 2.45) is 0 Å². The van der Waals surface area contributed by atoms with E-state index in [4.69, 9.17) is 17.0 Å². The van der Waals surface area contributed by atoms with Gasteiger partial charge in [-0.2, -0.15) is 0 Å². The van der Waals surface area contributed by atoms with E-state index in [1.165, 1.54) is 33.4 Å². The third-order valence-electron chi connectivity index (χ3n) is 12.1. The Morgan fingerprint density at radius 1 is 0.589 bits per heavy atom. The number of nitrogens with one attached hydrogen (secondary N) is 2. The molecule has 0 saturated heterocycles. The molecule has 0 aliphatic heterocycles. The summed E-state index contributed by atoms with van der Waals surface area (Å²) in [6.07, 6.45) is 11.6. The summed E-state index contributed by atoms with van der Waals surface area (Å²) in [6.45, 7) is 17.9. The molecule has 293 valence electrons. The molecule has 6 rings (SSSR count). The number of halogens is 2. The molecule has 2 amide bonds. The van der Waals surface area contributed by atoms with Gasteiger partial charge in [-0.05, 0) is 0 Å². The number of hydrogen-bond donors (Lipinski definition) is 2. The van der Waals surface area contributed by atoms with Crippen molar-refractivity contribution in [1.82, 2.24) is 10.5 Å². The molecule has 0 aromatic heterocycles.